The van der Waals surface area contributed by atoms with Gasteiger partial charge in [-0.2, -0.15) is 0 Å². The van der Waals surface area contributed by atoms with Crippen LogP contribution in [0.2, 0.25) is 0 Å². The SMILES string of the molecule is CCCCc1ccc(CC(=O)NCc2ccccc2S(=O)(=O)N(C)C)cc1. The van der Waals surface area contributed by atoms with Crippen molar-refractivity contribution in [3.05, 3.63) is 65.2 Å². The first-order valence-electron chi connectivity index (χ1n) is 9.19. The summed E-state index contributed by atoms with van der Waals surface area (Å²) in [4.78, 5) is 12.5. The number of rotatable bonds is 9. The molecule has 27 heavy (non-hydrogen) atoms. The number of sulfonamides is 1. The molecule has 0 saturated heterocycles. The van der Waals surface area contributed by atoms with Crippen LogP contribution >= 0.6 is 0 Å². The molecule has 0 aliphatic carbocycles. The molecular weight excluding hydrogens is 360 g/mol. The summed E-state index contributed by atoms with van der Waals surface area (Å²) < 4.78 is 26.0. The summed E-state index contributed by atoms with van der Waals surface area (Å²) in [5, 5.41) is 2.83. The van der Waals surface area contributed by atoms with Gasteiger partial charge in [0, 0.05) is 20.6 Å². The van der Waals surface area contributed by atoms with Gasteiger partial charge in [-0.1, -0.05) is 55.8 Å². The molecule has 1 amide bonds. The van der Waals surface area contributed by atoms with Crippen molar-refractivity contribution in [3.8, 4) is 0 Å². The smallest absolute Gasteiger partial charge is 0.242 e. The van der Waals surface area contributed by atoms with Gasteiger partial charge >= 0.3 is 0 Å². The fourth-order valence-electron chi connectivity index (χ4n) is 2.74. The van der Waals surface area contributed by atoms with Crippen molar-refractivity contribution in [2.24, 2.45) is 0 Å². The van der Waals surface area contributed by atoms with Crippen molar-refractivity contribution >= 4 is 15.9 Å². The zero-order chi connectivity index (χ0) is 19.9. The maximum absolute atomic E-state index is 12.4. The van der Waals surface area contributed by atoms with Gasteiger partial charge in [0.1, 0.15) is 0 Å². The number of nitrogens with one attached hydrogen (secondary N) is 1. The molecule has 0 heterocycles. The molecule has 0 aliphatic heterocycles. The molecule has 0 spiro atoms. The number of benzene rings is 2. The number of hydrogen-bond acceptors (Lipinski definition) is 3. The van der Waals surface area contributed by atoms with Gasteiger partial charge in [0.25, 0.3) is 0 Å². The molecule has 5 nitrogen and oxygen atoms in total. The van der Waals surface area contributed by atoms with E-state index in [-0.39, 0.29) is 23.8 Å². The predicted molar refractivity (Wildman–Crippen MR) is 108 cm³/mol. The first kappa shape index (κ1) is 21.1. The highest BCUT2D eigenvalue weighted by atomic mass is 32.2. The van der Waals surface area contributed by atoms with E-state index in [0.29, 0.717) is 5.56 Å². The summed E-state index contributed by atoms with van der Waals surface area (Å²) in [6.07, 6.45) is 3.65. The number of hydrogen-bond donors (Lipinski definition) is 1. The van der Waals surface area contributed by atoms with Crippen molar-refractivity contribution in [2.75, 3.05) is 14.1 Å². The third kappa shape index (κ3) is 5.91. The molecule has 0 bridgehead atoms. The van der Waals surface area contributed by atoms with Crippen LogP contribution in [-0.4, -0.2) is 32.7 Å². The lowest BCUT2D eigenvalue weighted by molar-refractivity contribution is -0.120. The van der Waals surface area contributed by atoms with Gasteiger partial charge in [0.15, 0.2) is 0 Å². The molecule has 2 rings (SSSR count). The summed E-state index contributed by atoms with van der Waals surface area (Å²) in [5.41, 5.74) is 2.81. The first-order chi connectivity index (χ1) is 12.8. The highest BCUT2D eigenvalue weighted by Gasteiger charge is 2.20. The Balaban J connectivity index is 1.98. The van der Waals surface area contributed by atoms with Crippen LogP contribution in [0.4, 0.5) is 0 Å². The van der Waals surface area contributed by atoms with E-state index in [1.807, 2.05) is 12.1 Å². The minimum absolute atomic E-state index is 0.131. The molecule has 0 unspecified atom stereocenters. The molecule has 0 atom stereocenters. The Morgan fingerprint density at radius 2 is 1.63 bits per heavy atom. The Morgan fingerprint density at radius 3 is 2.26 bits per heavy atom. The number of aryl methyl sites for hydroxylation is 1. The number of nitrogens with zero attached hydrogens (tertiary/aromatic N) is 1. The van der Waals surface area contributed by atoms with Crippen molar-refractivity contribution in [2.45, 2.75) is 44.0 Å². The van der Waals surface area contributed by atoms with Crippen LogP contribution in [0.5, 0.6) is 0 Å². The fourth-order valence-corrected chi connectivity index (χ4v) is 3.86. The second kappa shape index (κ2) is 9.67. The lowest BCUT2D eigenvalue weighted by atomic mass is 10.0. The first-order valence-corrected chi connectivity index (χ1v) is 10.6. The van der Waals surface area contributed by atoms with E-state index >= 15 is 0 Å². The molecule has 0 aromatic heterocycles. The Morgan fingerprint density at radius 1 is 1.00 bits per heavy atom. The largest absolute Gasteiger partial charge is 0.352 e. The normalized spacial score (nSPS) is 11.6. The van der Waals surface area contributed by atoms with Crippen molar-refractivity contribution in [1.82, 2.24) is 9.62 Å². The van der Waals surface area contributed by atoms with Crippen molar-refractivity contribution in [1.29, 1.82) is 0 Å². The molecule has 0 fully saturated rings. The molecule has 0 saturated carbocycles. The Kier molecular flexibility index (Phi) is 7.56. The average molecular weight is 389 g/mol. The summed E-state index contributed by atoms with van der Waals surface area (Å²) in [7, 11) is -0.555. The third-order valence-electron chi connectivity index (χ3n) is 4.41. The topological polar surface area (TPSA) is 66.5 Å². The van der Waals surface area contributed by atoms with E-state index in [2.05, 4.69) is 24.4 Å². The highest BCUT2D eigenvalue weighted by Crippen LogP contribution is 2.18. The Bertz CT molecular complexity index is 859. The van der Waals surface area contributed by atoms with Crippen molar-refractivity contribution < 1.29 is 13.2 Å². The van der Waals surface area contributed by atoms with Crippen LogP contribution in [0.1, 0.15) is 36.5 Å². The van der Waals surface area contributed by atoms with Crippen LogP contribution in [0.25, 0.3) is 0 Å². The molecule has 6 heteroatoms. The Labute approximate surface area is 162 Å². The van der Waals surface area contributed by atoms with E-state index in [9.17, 15) is 13.2 Å². The zero-order valence-electron chi connectivity index (χ0n) is 16.2. The molecule has 146 valence electrons. The maximum Gasteiger partial charge on any atom is 0.242 e. The molecular formula is C21H28N2O3S. The number of carbonyl (C=O) groups excluding carboxylic acids is 1. The fraction of sp³-hybridized carbons (Fsp3) is 0.381. The van der Waals surface area contributed by atoms with Gasteiger partial charge in [-0.05, 0) is 35.6 Å². The summed E-state index contributed by atoms with van der Waals surface area (Å²) in [5.74, 6) is -0.131. The van der Waals surface area contributed by atoms with Crippen LogP contribution in [-0.2, 0) is 34.2 Å². The lowest BCUT2D eigenvalue weighted by Crippen LogP contribution is -2.27. The van der Waals surface area contributed by atoms with E-state index in [1.165, 1.54) is 24.0 Å². The highest BCUT2D eigenvalue weighted by molar-refractivity contribution is 7.89. The van der Waals surface area contributed by atoms with Crippen LogP contribution in [0.15, 0.2) is 53.4 Å². The quantitative estimate of drug-likeness (QED) is 0.718. The second-order valence-corrected chi connectivity index (χ2v) is 8.89. The van der Waals surface area contributed by atoms with Crippen molar-refractivity contribution in [3.63, 3.8) is 0 Å². The van der Waals surface area contributed by atoms with Crippen LogP contribution in [0, 0.1) is 0 Å². The number of amides is 1. The summed E-state index contributed by atoms with van der Waals surface area (Å²) >= 11 is 0. The van der Waals surface area contributed by atoms with Gasteiger partial charge in [-0.25, -0.2) is 12.7 Å². The molecule has 2 aromatic carbocycles. The van der Waals surface area contributed by atoms with Crippen LogP contribution < -0.4 is 5.32 Å². The predicted octanol–water partition coefficient (Wildman–Crippen LogP) is 3.14. The Hall–Kier alpha value is -2.18. The number of carbonyl (C=O) groups is 1. The zero-order valence-corrected chi connectivity index (χ0v) is 17.1. The lowest BCUT2D eigenvalue weighted by Gasteiger charge is -2.15. The van der Waals surface area contributed by atoms with E-state index in [1.54, 1.807) is 24.3 Å². The van der Waals surface area contributed by atoms with E-state index in [4.69, 9.17) is 0 Å². The summed E-state index contributed by atoms with van der Waals surface area (Å²) in [6, 6.07) is 14.8. The standard InChI is InChI=1S/C21H28N2O3S/c1-4-5-8-17-11-13-18(14-12-17)15-21(24)22-16-19-9-6-7-10-20(19)27(25,26)23(2)3/h6-7,9-14H,4-5,8,15-16H2,1-3H3,(H,22,24). The number of unbranched alkanes of at least 4 members (excludes halogenated alkanes) is 1. The van der Waals surface area contributed by atoms with Gasteiger partial charge in [0.2, 0.25) is 15.9 Å². The minimum atomic E-state index is -3.54. The molecule has 2 aromatic rings. The van der Waals surface area contributed by atoms with E-state index in [0.717, 1.165) is 24.8 Å². The van der Waals surface area contributed by atoms with Gasteiger partial charge in [-0.3, -0.25) is 4.79 Å². The second-order valence-electron chi connectivity index (χ2n) is 6.77. The monoisotopic (exact) mass is 388 g/mol. The minimum Gasteiger partial charge on any atom is -0.352 e. The van der Waals surface area contributed by atoms with Gasteiger partial charge in [0.05, 0.1) is 11.3 Å². The maximum atomic E-state index is 12.4. The molecule has 0 radical (unpaired) electrons. The molecule has 1 N–H and O–H groups in total. The van der Waals surface area contributed by atoms with Gasteiger partial charge in [-0.15, -0.1) is 0 Å². The van der Waals surface area contributed by atoms with Crippen LogP contribution in [0.3, 0.4) is 0 Å². The van der Waals surface area contributed by atoms with Gasteiger partial charge < -0.3 is 5.32 Å². The third-order valence-corrected chi connectivity index (χ3v) is 6.33. The molecule has 0 aliphatic rings. The average Bonchev–Trinajstić information content (AvgIpc) is 2.66. The van der Waals surface area contributed by atoms with E-state index < -0.39 is 10.0 Å². The summed E-state index contributed by atoms with van der Waals surface area (Å²) in [6.45, 7) is 2.34.